The van der Waals surface area contributed by atoms with Gasteiger partial charge in [-0.1, -0.05) is 6.92 Å². The van der Waals surface area contributed by atoms with E-state index in [1.807, 2.05) is 0 Å². The molecule has 0 aromatic heterocycles. The van der Waals surface area contributed by atoms with Crippen molar-refractivity contribution in [3.63, 3.8) is 0 Å². The molecule has 2 atom stereocenters. The first-order valence-electron chi connectivity index (χ1n) is 7.45. The molecule has 94 valence electrons. The SMILES string of the molecule is C[C@@H]1C[C@@H]1C(=O)NC12CC3CC(CC(C3)C1)C2. The van der Waals surface area contributed by atoms with E-state index in [2.05, 4.69) is 12.2 Å². The summed E-state index contributed by atoms with van der Waals surface area (Å²) in [4.78, 5) is 12.2. The van der Waals surface area contributed by atoms with Crippen LogP contribution in [0.15, 0.2) is 0 Å². The summed E-state index contributed by atoms with van der Waals surface area (Å²) in [5.74, 6) is 4.15. The summed E-state index contributed by atoms with van der Waals surface area (Å²) >= 11 is 0. The minimum atomic E-state index is 0.230. The van der Waals surface area contributed by atoms with Crippen LogP contribution in [0.1, 0.15) is 51.9 Å². The van der Waals surface area contributed by atoms with E-state index in [9.17, 15) is 4.79 Å². The summed E-state index contributed by atoms with van der Waals surface area (Å²) in [6, 6.07) is 0. The molecule has 5 aliphatic rings. The Labute approximate surface area is 104 Å². The second-order valence-electron chi connectivity index (χ2n) is 7.51. The van der Waals surface area contributed by atoms with Crippen LogP contribution in [0.2, 0.25) is 0 Å². The average Bonchev–Trinajstić information content (AvgIpc) is 2.92. The maximum atomic E-state index is 12.2. The molecule has 0 aromatic rings. The average molecular weight is 233 g/mol. The molecule has 17 heavy (non-hydrogen) atoms. The topological polar surface area (TPSA) is 29.1 Å². The van der Waals surface area contributed by atoms with Gasteiger partial charge < -0.3 is 5.32 Å². The second-order valence-corrected chi connectivity index (χ2v) is 7.51. The Morgan fingerprint density at radius 3 is 1.88 bits per heavy atom. The van der Waals surface area contributed by atoms with E-state index in [0.29, 0.717) is 17.7 Å². The van der Waals surface area contributed by atoms with Crippen LogP contribution in [0, 0.1) is 29.6 Å². The molecule has 5 aliphatic carbocycles. The van der Waals surface area contributed by atoms with Gasteiger partial charge >= 0.3 is 0 Å². The molecular weight excluding hydrogens is 210 g/mol. The van der Waals surface area contributed by atoms with Crippen LogP contribution in [-0.4, -0.2) is 11.4 Å². The lowest BCUT2D eigenvalue weighted by Crippen LogP contribution is -2.60. The van der Waals surface area contributed by atoms with E-state index in [4.69, 9.17) is 0 Å². The third-order valence-corrected chi connectivity index (χ3v) is 5.87. The third-order valence-electron chi connectivity index (χ3n) is 5.87. The molecule has 0 unspecified atom stereocenters. The first kappa shape index (κ1) is 10.4. The molecule has 0 radical (unpaired) electrons. The Kier molecular flexibility index (Phi) is 2.00. The summed E-state index contributed by atoms with van der Waals surface area (Å²) in [7, 11) is 0. The van der Waals surface area contributed by atoms with Crippen molar-refractivity contribution in [3.05, 3.63) is 0 Å². The molecule has 1 amide bonds. The minimum Gasteiger partial charge on any atom is -0.350 e. The molecule has 0 saturated heterocycles. The lowest BCUT2D eigenvalue weighted by Gasteiger charge is -2.57. The molecule has 0 aromatic carbocycles. The Bertz CT molecular complexity index is 327. The third kappa shape index (κ3) is 1.63. The summed E-state index contributed by atoms with van der Waals surface area (Å²) in [5, 5.41) is 3.48. The van der Waals surface area contributed by atoms with E-state index >= 15 is 0 Å². The minimum absolute atomic E-state index is 0.230. The number of amides is 1. The molecule has 5 rings (SSSR count). The highest BCUT2D eigenvalue weighted by atomic mass is 16.2. The van der Waals surface area contributed by atoms with Gasteiger partial charge in [0.2, 0.25) is 5.91 Å². The molecule has 5 fully saturated rings. The van der Waals surface area contributed by atoms with Crippen LogP contribution in [0.4, 0.5) is 0 Å². The lowest BCUT2D eigenvalue weighted by molar-refractivity contribution is -0.128. The van der Waals surface area contributed by atoms with Crippen molar-refractivity contribution in [1.29, 1.82) is 0 Å². The molecule has 5 saturated carbocycles. The number of hydrogen-bond donors (Lipinski definition) is 1. The van der Waals surface area contributed by atoms with Crippen LogP contribution in [0.3, 0.4) is 0 Å². The molecule has 4 bridgehead atoms. The van der Waals surface area contributed by atoms with Crippen molar-refractivity contribution in [2.24, 2.45) is 29.6 Å². The summed E-state index contributed by atoms with van der Waals surface area (Å²) in [5.41, 5.74) is 0.230. The fraction of sp³-hybridized carbons (Fsp3) is 0.933. The van der Waals surface area contributed by atoms with Crippen molar-refractivity contribution in [2.45, 2.75) is 57.4 Å². The van der Waals surface area contributed by atoms with Gasteiger partial charge in [0.1, 0.15) is 0 Å². The molecule has 1 N–H and O–H groups in total. The van der Waals surface area contributed by atoms with Gasteiger partial charge in [0, 0.05) is 11.5 Å². The van der Waals surface area contributed by atoms with Gasteiger partial charge in [0.15, 0.2) is 0 Å². The van der Waals surface area contributed by atoms with Gasteiger partial charge in [0.25, 0.3) is 0 Å². The van der Waals surface area contributed by atoms with Gasteiger partial charge in [-0.2, -0.15) is 0 Å². The number of hydrogen-bond acceptors (Lipinski definition) is 1. The van der Waals surface area contributed by atoms with E-state index < -0.39 is 0 Å². The zero-order valence-electron chi connectivity index (χ0n) is 10.7. The highest BCUT2D eigenvalue weighted by Crippen LogP contribution is 2.56. The quantitative estimate of drug-likeness (QED) is 0.780. The fourth-order valence-electron chi connectivity index (χ4n) is 5.31. The van der Waals surface area contributed by atoms with Gasteiger partial charge in [-0.25, -0.2) is 0 Å². The van der Waals surface area contributed by atoms with Gasteiger partial charge in [-0.15, -0.1) is 0 Å². The monoisotopic (exact) mass is 233 g/mol. The Morgan fingerprint density at radius 2 is 1.47 bits per heavy atom. The maximum absolute atomic E-state index is 12.2. The van der Waals surface area contributed by atoms with Crippen LogP contribution in [0.5, 0.6) is 0 Å². The number of carbonyl (C=O) groups excluding carboxylic acids is 1. The highest BCUT2D eigenvalue weighted by molar-refractivity contribution is 5.82. The molecule has 0 aliphatic heterocycles. The number of carbonyl (C=O) groups is 1. The standard InChI is InChI=1S/C15H23NO/c1-9-2-13(9)14(17)16-15-6-10-3-11(7-15)5-12(4-10)8-15/h9-13H,2-8H2,1H3,(H,16,17)/t9-,10?,11?,12?,13+,15?/m1/s1. The van der Waals surface area contributed by atoms with Crippen LogP contribution < -0.4 is 5.32 Å². The van der Waals surface area contributed by atoms with Gasteiger partial charge in [-0.3, -0.25) is 4.79 Å². The van der Waals surface area contributed by atoms with Crippen molar-refractivity contribution in [1.82, 2.24) is 5.32 Å². The van der Waals surface area contributed by atoms with Crippen LogP contribution >= 0.6 is 0 Å². The number of nitrogens with one attached hydrogen (secondary N) is 1. The number of rotatable bonds is 2. The normalized spacial score (nSPS) is 54.8. The van der Waals surface area contributed by atoms with Crippen molar-refractivity contribution < 1.29 is 4.79 Å². The van der Waals surface area contributed by atoms with Gasteiger partial charge in [0.05, 0.1) is 0 Å². The summed E-state index contributed by atoms with van der Waals surface area (Å²) in [6.45, 7) is 2.20. The predicted octanol–water partition coefficient (Wildman–Crippen LogP) is 2.73. The first-order chi connectivity index (χ1) is 8.13. The molecule has 0 heterocycles. The van der Waals surface area contributed by atoms with Crippen LogP contribution in [-0.2, 0) is 4.79 Å². The lowest BCUT2D eigenvalue weighted by atomic mass is 9.53. The second kappa shape index (κ2) is 3.27. The van der Waals surface area contributed by atoms with E-state index in [-0.39, 0.29) is 5.54 Å². The van der Waals surface area contributed by atoms with E-state index in [1.165, 1.54) is 38.5 Å². The van der Waals surface area contributed by atoms with Crippen molar-refractivity contribution >= 4 is 5.91 Å². The van der Waals surface area contributed by atoms with Gasteiger partial charge in [-0.05, 0) is 68.6 Å². The largest absolute Gasteiger partial charge is 0.350 e. The molecule has 0 spiro atoms. The fourth-order valence-corrected chi connectivity index (χ4v) is 5.31. The zero-order chi connectivity index (χ0) is 11.6. The summed E-state index contributed by atoms with van der Waals surface area (Å²) < 4.78 is 0. The summed E-state index contributed by atoms with van der Waals surface area (Å²) in [6.07, 6.45) is 9.33. The predicted molar refractivity (Wildman–Crippen MR) is 66.3 cm³/mol. The van der Waals surface area contributed by atoms with E-state index in [0.717, 1.165) is 24.2 Å². The maximum Gasteiger partial charge on any atom is 0.223 e. The highest BCUT2D eigenvalue weighted by Gasteiger charge is 2.52. The Morgan fingerprint density at radius 1 is 1.00 bits per heavy atom. The Hall–Kier alpha value is -0.530. The van der Waals surface area contributed by atoms with Crippen molar-refractivity contribution in [3.8, 4) is 0 Å². The van der Waals surface area contributed by atoms with Crippen LogP contribution in [0.25, 0.3) is 0 Å². The molecule has 2 heteroatoms. The zero-order valence-corrected chi connectivity index (χ0v) is 10.7. The Balaban J connectivity index is 1.51. The molecular formula is C15H23NO. The molecule has 2 nitrogen and oxygen atoms in total. The first-order valence-corrected chi connectivity index (χ1v) is 7.45. The van der Waals surface area contributed by atoms with Crippen molar-refractivity contribution in [2.75, 3.05) is 0 Å². The van der Waals surface area contributed by atoms with E-state index in [1.54, 1.807) is 0 Å². The smallest absolute Gasteiger partial charge is 0.223 e.